The Hall–Kier alpha value is -1.66. The number of hydrogen-bond acceptors (Lipinski definition) is 5. The van der Waals surface area contributed by atoms with Crippen molar-refractivity contribution in [1.82, 2.24) is 0 Å². The van der Waals surface area contributed by atoms with Gasteiger partial charge in [-0.05, 0) is 18.2 Å². The highest BCUT2D eigenvalue weighted by atomic mass is 32.2. The van der Waals surface area contributed by atoms with Crippen LogP contribution in [0, 0.1) is 5.82 Å². The maximum absolute atomic E-state index is 13.0. The van der Waals surface area contributed by atoms with E-state index in [1.165, 1.54) is 19.2 Å². The van der Waals surface area contributed by atoms with Crippen LogP contribution in [0.4, 0.5) is 4.39 Å². The third-order valence-corrected chi connectivity index (χ3v) is 2.68. The van der Waals surface area contributed by atoms with E-state index in [9.17, 15) is 4.39 Å². The number of rotatable bonds is 6. The predicted octanol–water partition coefficient (Wildman–Crippen LogP) is 3.20. The fourth-order valence-corrected chi connectivity index (χ4v) is 1.73. The minimum Gasteiger partial charge on any atom is -0.493 e. The molecule has 1 aromatic carbocycles. The van der Waals surface area contributed by atoms with Gasteiger partial charge in [0.25, 0.3) is 0 Å². The van der Waals surface area contributed by atoms with Gasteiger partial charge in [0.05, 0.1) is 36.4 Å². The van der Waals surface area contributed by atoms with Crippen molar-refractivity contribution in [1.29, 1.82) is 0 Å². The summed E-state index contributed by atoms with van der Waals surface area (Å²) in [6, 6.07) is 5.88. The Kier molecular flexibility index (Phi) is 9.32. The molecular weight excluding hydrogens is 281 g/mol. The third-order valence-electron chi connectivity index (χ3n) is 1.98. The molecule has 0 fully saturated rings. The maximum Gasteiger partial charge on any atom is 0.200 e. The molecular formula is C14H20FNO3S. The van der Waals surface area contributed by atoms with Gasteiger partial charge >= 0.3 is 0 Å². The molecule has 20 heavy (non-hydrogen) atoms. The van der Waals surface area contributed by atoms with Crippen LogP contribution in [0.5, 0.6) is 0 Å². The van der Waals surface area contributed by atoms with Gasteiger partial charge in [0.2, 0.25) is 0 Å². The van der Waals surface area contributed by atoms with Crippen molar-refractivity contribution >= 4 is 12.0 Å². The summed E-state index contributed by atoms with van der Waals surface area (Å²) in [5, 5.41) is 8.96. The average molecular weight is 301 g/mol. The van der Waals surface area contributed by atoms with E-state index >= 15 is 0 Å². The summed E-state index contributed by atoms with van der Waals surface area (Å²) in [6.07, 6.45) is 0. The molecule has 112 valence electrons. The summed E-state index contributed by atoms with van der Waals surface area (Å²) in [7, 11) is 1.41. The Balaban J connectivity index is 0.00000172. The average Bonchev–Trinajstić information content (AvgIpc) is 2.48. The Morgan fingerprint density at radius 2 is 2.10 bits per heavy atom. The van der Waals surface area contributed by atoms with E-state index in [0.29, 0.717) is 4.90 Å². The number of nitrogens with two attached hydrogens (primary N) is 1. The van der Waals surface area contributed by atoms with Crippen molar-refractivity contribution in [3.05, 3.63) is 53.9 Å². The lowest BCUT2D eigenvalue weighted by Crippen LogP contribution is -2.09. The van der Waals surface area contributed by atoms with Crippen molar-refractivity contribution in [2.75, 3.05) is 13.7 Å². The van der Waals surface area contributed by atoms with Gasteiger partial charge in [-0.2, -0.15) is 0 Å². The molecule has 4 nitrogen and oxygen atoms in total. The number of aliphatic hydroxyl groups excluding tert-OH is 1. The van der Waals surface area contributed by atoms with Crippen molar-refractivity contribution in [2.45, 2.75) is 18.7 Å². The molecule has 0 radical (unpaired) electrons. The van der Waals surface area contributed by atoms with Crippen LogP contribution in [0.15, 0.2) is 53.0 Å². The lowest BCUT2D eigenvalue weighted by atomic mass is 10.3. The zero-order valence-electron chi connectivity index (χ0n) is 11.9. The van der Waals surface area contributed by atoms with Gasteiger partial charge in [-0.1, -0.05) is 26.5 Å². The number of ether oxygens (including phenoxy) is 1. The number of hydrogen-bond donors (Lipinski definition) is 2. The Morgan fingerprint density at radius 3 is 2.60 bits per heavy atom. The van der Waals surface area contributed by atoms with Crippen LogP contribution in [0.1, 0.15) is 13.8 Å². The van der Waals surface area contributed by atoms with Crippen LogP contribution in [-0.4, -0.2) is 18.8 Å². The summed E-state index contributed by atoms with van der Waals surface area (Å²) in [6.45, 7) is 7.20. The molecule has 6 heteroatoms. The summed E-state index contributed by atoms with van der Waals surface area (Å²) in [4.78, 5) is 0.558. The Labute approximate surface area is 123 Å². The highest BCUT2D eigenvalue weighted by Crippen LogP contribution is 2.26. The van der Waals surface area contributed by atoms with Crippen molar-refractivity contribution in [3.8, 4) is 0 Å². The summed E-state index contributed by atoms with van der Waals surface area (Å²) < 4.78 is 23.2. The van der Waals surface area contributed by atoms with Crippen LogP contribution in [0.2, 0.25) is 0 Å². The summed E-state index contributed by atoms with van der Waals surface area (Å²) in [5.74, 6) is -0.0467. The van der Waals surface area contributed by atoms with Gasteiger partial charge in [-0.15, -0.1) is 0 Å². The minimum absolute atomic E-state index is 0.0887. The molecule has 0 unspecified atom stereocenters. The molecule has 0 aliphatic heterocycles. The molecule has 0 atom stereocenters. The van der Waals surface area contributed by atoms with E-state index in [4.69, 9.17) is 19.8 Å². The first-order valence-electron chi connectivity index (χ1n) is 6.01. The van der Waals surface area contributed by atoms with E-state index in [-0.39, 0.29) is 29.6 Å². The number of aliphatic hydroxyl groups is 1. The molecule has 0 saturated carbocycles. The maximum atomic E-state index is 13.0. The molecule has 0 heterocycles. The third kappa shape index (κ3) is 5.99. The van der Waals surface area contributed by atoms with Crippen LogP contribution >= 0.6 is 12.0 Å². The second-order valence-electron chi connectivity index (χ2n) is 3.26. The highest BCUT2D eigenvalue weighted by molar-refractivity contribution is 7.94. The first-order valence-corrected chi connectivity index (χ1v) is 6.75. The largest absolute Gasteiger partial charge is 0.493 e. The number of halogens is 1. The van der Waals surface area contributed by atoms with Gasteiger partial charge < -0.3 is 19.8 Å². The molecule has 1 rings (SSSR count). The van der Waals surface area contributed by atoms with E-state index in [1.807, 2.05) is 13.8 Å². The summed E-state index contributed by atoms with van der Waals surface area (Å²) in [5.41, 5.74) is 5.65. The number of methoxy groups -OCH3 is 1. The lowest BCUT2D eigenvalue weighted by molar-refractivity contribution is 0.263. The lowest BCUT2D eigenvalue weighted by Gasteiger charge is -2.12. The Morgan fingerprint density at radius 1 is 1.45 bits per heavy atom. The van der Waals surface area contributed by atoms with Crippen LogP contribution in [0.25, 0.3) is 0 Å². The van der Waals surface area contributed by atoms with E-state index in [2.05, 4.69) is 6.58 Å². The quantitative estimate of drug-likeness (QED) is 0.480. The molecule has 0 aliphatic carbocycles. The first kappa shape index (κ1) is 18.3. The van der Waals surface area contributed by atoms with Crippen molar-refractivity contribution < 1.29 is 18.4 Å². The van der Waals surface area contributed by atoms with Crippen LogP contribution < -0.4 is 5.73 Å². The zero-order valence-corrected chi connectivity index (χ0v) is 12.7. The molecule has 1 aromatic rings. The molecule has 0 amide bonds. The second kappa shape index (κ2) is 10.2. The first-order chi connectivity index (χ1) is 9.58. The highest BCUT2D eigenvalue weighted by Gasteiger charge is 2.11. The smallest absolute Gasteiger partial charge is 0.200 e. The SMILES string of the molecule is C=C(OC)/C(OSc1cccc(F)c1)=C(\N)CO.CC. The van der Waals surface area contributed by atoms with Gasteiger partial charge in [0.15, 0.2) is 11.5 Å². The molecule has 0 saturated heterocycles. The van der Waals surface area contributed by atoms with Gasteiger partial charge in [0.1, 0.15) is 5.82 Å². The van der Waals surface area contributed by atoms with Crippen LogP contribution in [-0.2, 0) is 8.92 Å². The fraction of sp³-hybridized carbons (Fsp3) is 0.286. The van der Waals surface area contributed by atoms with E-state index in [1.54, 1.807) is 12.1 Å². The molecule has 0 spiro atoms. The molecule has 0 aromatic heterocycles. The summed E-state index contributed by atoms with van der Waals surface area (Å²) >= 11 is 0.900. The van der Waals surface area contributed by atoms with E-state index in [0.717, 1.165) is 12.0 Å². The fourth-order valence-electron chi connectivity index (χ4n) is 1.05. The molecule has 0 aliphatic rings. The van der Waals surface area contributed by atoms with Crippen molar-refractivity contribution in [2.24, 2.45) is 5.73 Å². The topological polar surface area (TPSA) is 64.7 Å². The van der Waals surface area contributed by atoms with Gasteiger partial charge in [0, 0.05) is 0 Å². The minimum atomic E-state index is -0.387. The number of benzene rings is 1. The second-order valence-corrected chi connectivity index (χ2v) is 4.07. The van der Waals surface area contributed by atoms with Gasteiger partial charge in [-0.3, -0.25) is 0 Å². The normalized spacial score (nSPS) is 10.8. The van der Waals surface area contributed by atoms with Gasteiger partial charge in [-0.25, -0.2) is 4.39 Å². The van der Waals surface area contributed by atoms with Crippen LogP contribution in [0.3, 0.4) is 0 Å². The Bertz CT molecular complexity index is 463. The molecule has 3 N–H and O–H groups in total. The predicted molar refractivity (Wildman–Crippen MR) is 79.1 cm³/mol. The zero-order chi connectivity index (χ0) is 15.5. The monoisotopic (exact) mass is 301 g/mol. The van der Waals surface area contributed by atoms with Crippen molar-refractivity contribution in [3.63, 3.8) is 0 Å². The molecule has 0 bridgehead atoms. The standard InChI is InChI=1S/C12H14FNO3S.C2H6/c1-8(16-2)12(11(14)7-15)17-18-10-5-3-4-9(13)6-10;1-2/h3-6,15H,1,7,14H2,2H3;1-2H3/b12-11+;. The van der Waals surface area contributed by atoms with E-state index < -0.39 is 0 Å².